The van der Waals surface area contributed by atoms with Crippen LogP contribution in [0.5, 0.6) is 0 Å². The largest absolute Gasteiger partial charge is 0.282 e. The minimum absolute atomic E-state index is 0.190. The van der Waals surface area contributed by atoms with Crippen molar-refractivity contribution in [3.8, 4) is 11.1 Å². The third-order valence-electron chi connectivity index (χ3n) is 3.66. The molecule has 0 aliphatic heterocycles. The van der Waals surface area contributed by atoms with Crippen molar-refractivity contribution in [2.24, 2.45) is 5.10 Å². The maximum Gasteiger partial charge on any atom is 0.282 e. The number of nitrogens with zero attached hydrogens (tertiary/aromatic N) is 1. The first kappa shape index (κ1) is 16.1. The Morgan fingerprint density at radius 2 is 1.83 bits per heavy atom. The van der Waals surface area contributed by atoms with Crippen LogP contribution in [-0.4, -0.2) is 12.1 Å². The van der Waals surface area contributed by atoms with E-state index in [9.17, 15) is 4.79 Å². The van der Waals surface area contributed by atoms with Gasteiger partial charge >= 0.3 is 0 Å². The van der Waals surface area contributed by atoms with Crippen LogP contribution in [0.4, 0.5) is 0 Å². The lowest BCUT2D eigenvalue weighted by Gasteiger charge is -2.04. The number of rotatable bonds is 4. The highest BCUT2D eigenvalue weighted by molar-refractivity contribution is 7.12. The third-order valence-corrected chi connectivity index (χ3v) is 4.57. The minimum atomic E-state index is -0.190. The van der Waals surface area contributed by atoms with Gasteiger partial charge in [-0.25, -0.2) is 5.43 Å². The van der Waals surface area contributed by atoms with E-state index in [0.717, 1.165) is 22.3 Å². The van der Waals surface area contributed by atoms with Crippen LogP contribution < -0.4 is 5.43 Å². The highest BCUT2D eigenvalue weighted by Crippen LogP contribution is 2.28. The van der Waals surface area contributed by atoms with Gasteiger partial charge in [0.2, 0.25) is 0 Å². The van der Waals surface area contributed by atoms with Gasteiger partial charge in [0.25, 0.3) is 5.91 Å². The quantitative estimate of drug-likeness (QED) is 0.540. The fraction of sp³-hybridized carbons (Fsp3) is 0.100. The molecule has 2 aromatic carbocycles. The van der Waals surface area contributed by atoms with E-state index < -0.39 is 0 Å². The highest BCUT2D eigenvalue weighted by atomic mass is 32.1. The average Bonchev–Trinajstić information content (AvgIpc) is 3.05. The van der Waals surface area contributed by atoms with Crippen molar-refractivity contribution in [3.63, 3.8) is 0 Å². The second-order valence-corrected chi connectivity index (χ2v) is 6.56. The Bertz CT molecular complexity index is 879. The van der Waals surface area contributed by atoms with Crippen molar-refractivity contribution in [2.45, 2.75) is 13.8 Å². The predicted octanol–water partition coefficient (Wildman–Crippen LogP) is 4.80. The van der Waals surface area contributed by atoms with Crippen LogP contribution in [0, 0.1) is 13.8 Å². The number of thiophene rings is 1. The number of aryl methyl sites for hydroxylation is 2. The van der Waals surface area contributed by atoms with Gasteiger partial charge in [-0.2, -0.15) is 5.10 Å². The number of benzene rings is 2. The Hall–Kier alpha value is -2.72. The maximum absolute atomic E-state index is 12.4. The molecule has 1 amide bonds. The summed E-state index contributed by atoms with van der Waals surface area (Å²) in [4.78, 5) is 13.1. The molecule has 0 saturated carbocycles. The first-order valence-electron chi connectivity index (χ1n) is 7.68. The van der Waals surface area contributed by atoms with E-state index in [1.54, 1.807) is 6.21 Å². The van der Waals surface area contributed by atoms with Crippen molar-refractivity contribution in [1.82, 2.24) is 5.43 Å². The summed E-state index contributed by atoms with van der Waals surface area (Å²) in [6.45, 7) is 4.07. The Morgan fingerprint density at radius 1 is 1.04 bits per heavy atom. The second kappa shape index (κ2) is 7.23. The van der Waals surface area contributed by atoms with Gasteiger partial charge in [0.05, 0.1) is 6.21 Å². The zero-order chi connectivity index (χ0) is 16.9. The van der Waals surface area contributed by atoms with Crippen LogP contribution in [0.25, 0.3) is 11.1 Å². The molecule has 1 heterocycles. The number of amides is 1. The van der Waals surface area contributed by atoms with E-state index in [1.807, 2.05) is 73.8 Å². The normalized spacial score (nSPS) is 10.9. The second-order valence-electron chi connectivity index (χ2n) is 5.64. The first-order chi connectivity index (χ1) is 11.6. The molecule has 3 aromatic rings. The molecule has 0 unspecified atom stereocenters. The Labute approximate surface area is 145 Å². The van der Waals surface area contributed by atoms with Crippen LogP contribution in [-0.2, 0) is 0 Å². The van der Waals surface area contributed by atoms with Crippen molar-refractivity contribution in [3.05, 3.63) is 81.5 Å². The number of carbonyl (C=O) groups excluding carboxylic acids is 1. The molecule has 3 rings (SSSR count). The van der Waals surface area contributed by atoms with Crippen molar-refractivity contribution < 1.29 is 4.79 Å². The Kier molecular flexibility index (Phi) is 4.87. The smallest absolute Gasteiger partial charge is 0.266 e. The molecular weight excluding hydrogens is 316 g/mol. The van der Waals surface area contributed by atoms with Gasteiger partial charge in [0, 0.05) is 5.56 Å². The summed E-state index contributed by atoms with van der Waals surface area (Å²) in [7, 11) is 0. The van der Waals surface area contributed by atoms with Crippen LogP contribution >= 0.6 is 11.3 Å². The molecule has 3 nitrogen and oxygen atoms in total. The van der Waals surface area contributed by atoms with Gasteiger partial charge in [-0.05, 0) is 36.4 Å². The lowest BCUT2D eigenvalue weighted by atomic mass is 10.1. The molecule has 1 aromatic heterocycles. The van der Waals surface area contributed by atoms with Crippen LogP contribution in [0.2, 0.25) is 0 Å². The van der Waals surface area contributed by atoms with Crippen LogP contribution in [0.15, 0.2) is 65.1 Å². The van der Waals surface area contributed by atoms with E-state index >= 15 is 0 Å². The summed E-state index contributed by atoms with van der Waals surface area (Å²) in [6.07, 6.45) is 1.66. The molecule has 120 valence electrons. The average molecular weight is 334 g/mol. The Balaban J connectivity index is 1.74. The monoisotopic (exact) mass is 334 g/mol. The van der Waals surface area contributed by atoms with Gasteiger partial charge in [-0.15, -0.1) is 11.3 Å². The predicted molar refractivity (Wildman–Crippen MR) is 101 cm³/mol. The van der Waals surface area contributed by atoms with Crippen molar-refractivity contribution in [1.29, 1.82) is 0 Å². The van der Waals surface area contributed by atoms with Gasteiger partial charge in [-0.1, -0.05) is 59.7 Å². The summed E-state index contributed by atoms with van der Waals surface area (Å²) in [5.41, 5.74) is 7.90. The van der Waals surface area contributed by atoms with Crippen molar-refractivity contribution >= 4 is 23.5 Å². The molecule has 0 aliphatic rings. The number of hydrazone groups is 1. The molecule has 0 radical (unpaired) electrons. The summed E-state index contributed by atoms with van der Waals surface area (Å²) >= 11 is 1.42. The molecule has 0 fully saturated rings. The summed E-state index contributed by atoms with van der Waals surface area (Å²) in [6, 6.07) is 18.1. The maximum atomic E-state index is 12.4. The fourth-order valence-corrected chi connectivity index (χ4v) is 3.22. The fourth-order valence-electron chi connectivity index (χ4n) is 2.41. The van der Waals surface area contributed by atoms with Gasteiger partial charge in [0.15, 0.2) is 0 Å². The zero-order valence-corrected chi connectivity index (χ0v) is 14.4. The topological polar surface area (TPSA) is 41.5 Å². The first-order valence-corrected chi connectivity index (χ1v) is 8.56. The zero-order valence-electron chi connectivity index (χ0n) is 13.6. The Morgan fingerprint density at radius 3 is 2.58 bits per heavy atom. The third kappa shape index (κ3) is 3.78. The minimum Gasteiger partial charge on any atom is -0.266 e. The van der Waals surface area contributed by atoms with Gasteiger partial charge in [-0.3, -0.25) is 4.79 Å². The van der Waals surface area contributed by atoms with Crippen molar-refractivity contribution in [2.75, 3.05) is 0 Å². The summed E-state index contributed by atoms with van der Waals surface area (Å²) in [5, 5.41) is 5.99. The number of hydrogen-bond acceptors (Lipinski definition) is 3. The summed E-state index contributed by atoms with van der Waals surface area (Å²) < 4.78 is 0. The molecule has 0 bridgehead atoms. The SMILES string of the molecule is Cc1ccc(-c2ccsc2C(=O)N/N=C\c2cccc(C)c2)cc1. The van der Waals surface area contributed by atoms with Crippen LogP contribution in [0.1, 0.15) is 26.4 Å². The van der Waals surface area contributed by atoms with E-state index in [2.05, 4.69) is 10.5 Å². The number of carbonyl (C=O) groups is 1. The highest BCUT2D eigenvalue weighted by Gasteiger charge is 2.13. The van der Waals surface area contributed by atoms with E-state index in [1.165, 1.54) is 16.9 Å². The molecule has 0 saturated heterocycles. The summed E-state index contributed by atoms with van der Waals surface area (Å²) in [5.74, 6) is -0.190. The van der Waals surface area contributed by atoms with E-state index in [0.29, 0.717) is 4.88 Å². The molecule has 1 N–H and O–H groups in total. The van der Waals surface area contributed by atoms with E-state index in [4.69, 9.17) is 0 Å². The number of hydrogen-bond donors (Lipinski definition) is 1. The van der Waals surface area contributed by atoms with Gasteiger partial charge in [0.1, 0.15) is 4.88 Å². The molecule has 0 aliphatic carbocycles. The molecule has 24 heavy (non-hydrogen) atoms. The van der Waals surface area contributed by atoms with Crippen LogP contribution in [0.3, 0.4) is 0 Å². The molecule has 0 spiro atoms. The van der Waals surface area contributed by atoms with E-state index in [-0.39, 0.29) is 5.91 Å². The molecular formula is C20H18N2OS. The number of nitrogens with one attached hydrogen (secondary N) is 1. The lowest BCUT2D eigenvalue weighted by molar-refractivity contribution is 0.0960. The molecule has 0 atom stereocenters. The standard InChI is InChI=1S/C20H18N2OS/c1-14-6-8-17(9-7-14)18-10-11-24-19(18)20(23)22-21-13-16-5-3-4-15(2)12-16/h3-13H,1-2H3,(H,22,23)/b21-13-. The molecule has 4 heteroatoms. The van der Waals surface area contributed by atoms with Gasteiger partial charge < -0.3 is 0 Å². The lowest BCUT2D eigenvalue weighted by Crippen LogP contribution is -2.17.